The van der Waals surface area contributed by atoms with E-state index in [2.05, 4.69) is 22.0 Å². The van der Waals surface area contributed by atoms with E-state index < -0.39 is 0 Å². The van der Waals surface area contributed by atoms with Crippen LogP contribution in [-0.4, -0.2) is 11.7 Å². The standard InChI is InChI=1S/C12H11BrN2O/c1-16-8-15-11-5-3-2-4-9(11)10(6-7-14)12(15)13/h2-5H,6,8H2,1H3. The number of methoxy groups -OCH3 is 1. The summed E-state index contributed by atoms with van der Waals surface area (Å²) in [5.41, 5.74) is 2.11. The highest BCUT2D eigenvalue weighted by molar-refractivity contribution is 9.10. The van der Waals surface area contributed by atoms with E-state index in [-0.39, 0.29) is 0 Å². The van der Waals surface area contributed by atoms with Gasteiger partial charge in [-0.05, 0) is 22.0 Å². The summed E-state index contributed by atoms with van der Waals surface area (Å²) in [6.45, 7) is 0.479. The molecular formula is C12H11BrN2O. The number of hydrogen-bond acceptors (Lipinski definition) is 2. The van der Waals surface area contributed by atoms with E-state index in [1.807, 2.05) is 28.8 Å². The molecule has 0 saturated carbocycles. The second-order valence-corrected chi connectivity index (χ2v) is 4.22. The lowest BCUT2D eigenvalue weighted by molar-refractivity contribution is 0.133. The summed E-state index contributed by atoms with van der Waals surface area (Å²) >= 11 is 3.53. The predicted octanol–water partition coefficient (Wildman–Crippen LogP) is 3.07. The molecular weight excluding hydrogens is 268 g/mol. The summed E-state index contributed by atoms with van der Waals surface area (Å²) in [5, 5.41) is 9.94. The van der Waals surface area contributed by atoms with Gasteiger partial charge in [0, 0.05) is 18.1 Å². The molecule has 0 unspecified atom stereocenters. The summed E-state index contributed by atoms with van der Waals surface area (Å²) in [5.74, 6) is 0. The monoisotopic (exact) mass is 278 g/mol. The molecule has 16 heavy (non-hydrogen) atoms. The molecule has 0 radical (unpaired) electrons. The Labute approximate surface area is 102 Å². The third-order valence-corrected chi connectivity index (χ3v) is 3.43. The molecule has 1 aromatic carbocycles. The van der Waals surface area contributed by atoms with Crippen molar-refractivity contribution in [1.82, 2.24) is 4.57 Å². The number of ether oxygens (including phenoxy) is 1. The van der Waals surface area contributed by atoms with Crippen molar-refractivity contribution in [1.29, 1.82) is 5.26 Å². The minimum absolute atomic E-state index is 0.401. The van der Waals surface area contributed by atoms with Gasteiger partial charge in [-0.3, -0.25) is 0 Å². The van der Waals surface area contributed by atoms with Crippen LogP contribution >= 0.6 is 15.9 Å². The number of nitrogens with zero attached hydrogens (tertiary/aromatic N) is 2. The maximum Gasteiger partial charge on any atom is 0.123 e. The number of halogens is 1. The van der Waals surface area contributed by atoms with Gasteiger partial charge in [0.15, 0.2) is 0 Å². The van der Waals surface area contributed by atoms with Gasteiger partial charge in [0.1, 0.15) is 6.73 Å². The Morgan fingerprint density at radius 3 is 2.88 bits per heavy atom. The van der Waals surface area contributed by atoms with E-state index in [4.69, 9.17) is 10.00 Å². The molecule has 0 amide bonds. The molecule has 2 rings (SSSR count). The third kappa shape index (κ3) is 1.73. The summed E-state index contributed by atoms with van der Waals surface area (Å²) < 4.78 is 8.10. The molecule has 0 atom stereocenters. The summed E-state index contributed by atoms with van der Waals surface area (Å²) in [7, 11) is 1.66. The molecule has 0 spiro atoms. The molecule has 82 valence electrons. The minimum atomic E-state index is 0.401. The van der Waals surface area contributed by atoms with Crippen molar-refractivity contribution in [3.63, 3.8) is 0 Å². The number of fused-ring (bicyclic) bond motifs is 1. The van der Waals surface area contributed by atoms with Crippen LogP contribution in [0.5, 0.6) is 0 Å². The molecule has 4 heteroatoms. The molecule has 0 saturated heterocycles. The van der Waals surface area contributed by atoms with Crippen molar-refractivity contribution in [3.8, 4) is 6.07 Å². The summed E-state index contributed by atoms with van der Waals surface area (Å²) in [6.07, 6.45) is 0.401. The second-order valence-electron chi connectivity index (χ2n) is 3.47. The van der Waals surface area contributed by atoms with Gasteiger partial charge in [-0.2, -0.15) is 5.26 Å². The molecule has 3 nitrogen and oxygen atoms in total. The Balaban J connectivity index is 2.70. The van der Waals surface area contributed by atoms with Crippen molar-refractivity contribution in [2.45, 2.75) is 13.2 Å². The quantitative estimate of drug-likeness (QED) is 0.866. The topological polar surface area (TPSA) is 38.0 Å². The van der Waals surface area contributed by atoms with Crippen molar-refractivity contribution in [3.05, 3.63) is 34.4 Å². The van der Waals surface area contributed by atoms with Crippen molar-refractivity contribution in [2.75, 3.05) is 7.11 Å². The lowest BCUT2D eigenvalue weighted by Crippen LogP contribution is -1.99. The Morgan fingerprint density at radius 2 is 2.19 bits per heavy atom. The van der Waals surface area contributed by atoms with Gasteiger partial charge in [-0.15, -0.1) is 0 Å². The molecule has 0 N–H and O–H groups in total. The number of para-hydroxylation sites is 1. The first-order valence-corrected chi connectivity index (χ1v) is 5.70. The van der Waals surface area contributed by atoms with Crippen LogP contribution in [0.25, 0.3) is 10.9 Å². The van der Waals surface area contributed by atoms with Gasteiger partial charge in [0.25, 0.3) is 0 Å². The largest absolute Gasteiger partial charge is 0.364 e. The molecule has 1 heterocycles. The van der Waals surface area contributed by atoms with Gasteiger partial charge >= 0.3 is 0 Å². The smallest absolute Gasteiger partial charge is 0.123 e. The molecule has 0 aliphatic carbocycles. The zero-order valence-corrected chi connectivity index (χ0v) is 10.5. The number of benzene rings is 1. The van der Waals surface area contributed by atoms with Crippen molar-refractivity contribution in [2.24, 2.45) is 0 Å². The zero-order chi connectivity index (χ0) is 11.5. The van der Waals surface area contributed by atoms with Crippen LogP contribution in [0.3, 0.4) is 0 Å². The van der Waals surface area contributed by atoms with E-state index in [1.165, 1.54) is 0 Å². The lowest BCUT2D eigenvalue weighted by Gasteiger charge is -2.04. The number of hydrogen-bond donors (Lipinski definition) is 0. The molecule has 2 aromatic rings. The highest BCUT2D eigenvalue weighted by Gasteiger charge is 2.13. The van der Waals surface area contributed by atoms with E-state index in [9.17, 15) is 0 Å². The first-order valence-electron chi connectivity index (χ1n) is 4.91. The first-order chi connectivity index (χ1) is 7.79. The maximum atomic E-state index is 8.83. The fourth-order valence-electron chi connectivity index (χ4n) is 1.85. The van der Waals surface area contributed by atoms with E-state index in [0.717, 1.165) is 21.1 Å². The SMILES string of the molecule is COCn1c(Br)c(CC#N)c2ccccc21. The van der Waals surface area contributed by atoms with Gasteiger partial charge in [0.05, 0.1) is 22.6 Å². The highest BCUT2D eigenvalue weighted by Crippen LogP contribution is 2.30. The van der Waals surface area contributed by atoms with Gasteiger partial charge in [-0.25, -0.2) is 0 Å². The normalized spacial score (nSPS) is 10.6. The summed E-state index contributed by atoms with van der Waals surface area (Å²) in [6, 6.07) is 10.2. The van der Waals surface area contributed by atoms with E-state index >= 15 is 0 Å². The van der Waals surface area contributed by atoms with E-state index in [0.29, 0.717) is 13.2 Å². The second kappa shape index (κ2) is 4.69. The van der Waals surface area contributed by atoms with Crippen LogP contribution in [0.4, 0.5) is 0 Å². The Morgan fingerprint density at radius 1 is 1.44 bits per heavy atom. The van der Waals surface area contributed by atoms with Crippen molar-refractivity contribution < 1.29 is 4.74 Å². The Bertz CT molecular complexity index is 554. The highest BCUT2D eigenvalue weighted by atomic mass is 79.9. The fraction of sp³-hybridized carbons (Fsp3) is 0.250. The van der Waals surface area contributed by atoms with Crippen LogP contribution in [0, 0.1) is 11.3 Å². The fourth-order valence-corrected chi connectivity index (χ4v) is 2.49. The minimum Gasteiger partial charge on any atom is -0.364 e. The number of aromatic nitrogens is 1. The summed E-state index contributed by atoms with van der Waals surface area (Å²) in [4.78, 5) is 0. The molecule has 0 aliphatic heterocycles. The number of rotatable bonds is 3. The molecule has 0 aliphatic rings. The third-order valence-electron chi connectivity index (χ3n) is 2.52. The predicted molar refractivity (Wildman–Crippen MR) is 66.0 cm³/mol. The van der Waals surface area contributed by atoms with Crippen LogP contribution in [0.1, 0.15) is 5.56 Å². The lowest BCUT2D eigenvalue weighted by atomic mass is 10.1. The van der Waals surface area contributed by atoms with Crippen LogP contribution in [0.2, 0.25) is 0 Å². The molecule has 0 fully saturated rings. The maximum absolute atomic E-state index is 8.83. The zero-order valence-electron chi connectivity index (χ0n) is 8.90. The molecule has 0 bridgehead atoms. The Hall–Kier alpha value is -1.31. The number of nitriles is 1. The van der Waals surface area contributed by atoms with Gasteiger partial charge < -0.3 is 9.30 Å². The van der Waals surface area contributed by atoms with Crippen LogP contribution in [-0.2, 0) is 17.9 Å². The molecule has 1 aromatic heterocycles. The van der Waals surface area contributed by atoms with E-state index in [1.54, 1.807) is 7.11 Å². The van der Waals surface area contributed by atoms with Gasteiger partial charge in [-0.1, -0.05) is 18.2 Å². The van der Waals surface area contributed by atoms with Crippen molar-refractivity contribution >= 4 is 26.8 Å². The first kappa shape index (κ1) is 11.2. The van der Waals surface area contributed by atoms with Crippen LogP contribution < -0.4 is 0 Å². The van der Waals surface area contributed by atoms with Gasteiger partial charge in [0.2, 0.25) is 0 Å². The van der Waals surface area contributed by atoms with Crippen LogP contribution in [0.15, 0.2) is 28.9 Å². The Kier molecular flexibility index (Phi) is 3.28. The average molecular weight is 279 g/mol. The average Bonchev–Trinajstić information content (AvgIpc) is 2.56.